The van der Waals surface area contributed by atoms with E-state index >= 15 is 0 Å². The summed E-state index contributed by atoms with van der Waals surface area (Å²) in [4.78, 5) is 20.2. The smallest absolute Gasteiger partial charge is 0.166 e. The fourth-order valence-electron chi connectivity index (χ4n) is 5.08. The first-order chi connectivity index (χ1) is 17.6. The van der Waals surface area contributed by atoms with Crippen molar-refractivity contribution in [3.63, 3.8) is 0 Å². The number of carbonyl (C=O) groups excluding carboxylic acids is 1. The summed E-state index contributed by atoms with van der Waals surface area (Å²) in [7, 11) is 0. The summed E-state index contributed by atoms with van der Waals surface area (Å²) in [5, 5.41) is 0.693. The van der Waals surface area contributed by atoms with Gasteiger partial charge in [-0.2, -0.15) is 0 Å². The third kappa shape index (κ3) is 5.63. The first-order valence-electron chi connectivity index (χ1n) is 12.7. The second kappa shape index (κ2) is 11.3. The lowest BCUT2D eigenvalue weighted by molar-refractivity contribution is 0.0838. The van der Waals surface area contributed by atoms with Gasteiger partial charge in [-0.25, -0.2) is 4.98 Å². The minimum absolute atomic E-state index is 0.140. The lowest BCUT2D eigenvalue weighted by Gasteiger charge is -2.31. The SMILES string of the molecule is Cc1cccc2c1nc(COc1ccc(Cl)cc1)n2CCCN1CCC(C(=O)c2ccccc2)CC1. The third-order valence-corrected chi connectivity index (χ3v) is 7.37. The number of aryl methyl sites for hydroxylation is 2. The quantitative estimate of drug-likeness (QED) is 0.243. The summed E-state index contributed by atoms with van der Waals surface area (Å²) in [6.45, 7) is 6.34. The average Bonchev–Trinajstić information content (AvgIpc) is 3.27. The Morgan fingerprint density at radius 1 is 0.972 bits per heavy atom. The topological polar surface area (TPSA) is 47.4 Å². The molecule has 0 aliphatic carbocycles. The summed E-state index contributed by atoms with van der Waals surface area (Å²) >= 11 is 6.00. The van der Waals surface area contributed by atoms with Gasteiger partial charge < -0.3 is 14.2 Å². The summed E-state index contributed by atoms with van der Waals surface area (Å²) in [6.07, 6.45) is 2.88. The van der Waals surface area contributed by atoms with Crippen LogP contribution in [0.2, 0.25) is 5.02 Å². The van der Waals surface area contributed by atoms with Crippen LogP contribution in [-0.4, -0.2) is 39.9 Å². The number of ketones is 1. The van der Waals surface area contributed by atoms with E-state index in [2.05, 4.69) is 34.6 Å². The van der Waals surface area contributed by atoms with Crippen molar-refractivity contribution in [1.82, 2.24) is 14.5 Å². The van der Waals surface area contributed by atoms with Crippen molar-refractivity contribution in [2.45, 2.75) is 39.3 Å². The summed E-state index contributed by atoms with van der Waals surface area (Å²) in [5.74, 6) is 2.14. The molecule has 0 atom stereocenters. The molecule has 0 spiro atoms. The zero-order valence-corrected chi connectivity index (χ0v) is 21.5. The van der Waals surface area contributed by atoms with E-state index in [1.807, 2.05) is 54.6 Å². The van der Waals surface area contributed by atoms with Gasteiger partial charge in [0.2, 0.25) is 0 Å². The molecule has 1 aromatic heterocycles. The summed E-state index contributed by atoms with van der Waals surface area (Å²) in [6, 6.07) is 23.5. The van der Waals surface area contributed by atoms with Crippen LogP contribution in [0, 0.1) is 12.8 Å². The Kier molecular flexibility index (Phi) is 7.69. The van der Waals surface area contributed by atoms with Crippen molar-refractivity contribution in [2.24, 2.45) is 5.92 Å². The molecule has 6 heteroatoms. The van der Waals surface area contributed by atoms with Crippen molar-refractivity contribution in [3.8, 4) is 5.75 Å². The first kappa shape index (κ1) is 24.5. The molecule has 4 aromatic rings. The van der Waals surface area contributed by atoms with Crippen molar-refractivity contribution in [1.29, 1.82) is 0 Å². The number of para-hydroxylation sites is 1. The van der Waals surface area contributed by atoms with Crippen LogP contribution in [0.5, 0.6) is 5.75 Å². The second-order valence-corrected chi connectivity index (χ2v) is 10.0. The maximum atomic E-state index is 12.8. The molecule has 0 amide bonds. The van der Waals surface area contributed by atoms with Crippen LogP contribution in [0.25, 0.3) is 11.0 Å². The summed E-state index contributed by atoms with van der Waals surface area (Å²) < 4.78 is 8.34. The van der Waals surface area contributed by atoms with Gasteiger partial charge in [-0.3, -0.25) is 4.79 Å². The molecule has 1 saturated heterocycles. The predicted octanol–water partition coefficient (Wildman–Crippen LogP) is 6.56. The number of Topliss-reactive ketones (excluding diaryl/α,β-unsaturated/α-hetero) is 1. The number of halogens is 1. The summed E-state index contributed by atoms with van der Waals surface area (Å²) in [5.41, 5.74) is 4.19. The number of nitrogens with zero attached hydrogens (tertiary/aromatic N) is 3. The van der Waals surface area contributed by atoms with Gasteiger partial charge in [0.1, 0.15) is 18.2 Å². The lowest BCUT2D eigenvalue weighted by atomic mass is 9.89. The number of hydrogen-bond donors (Lipinski definition) is 0. The molecule has 0 radical (unpaired) electrons. The Hall–Kier alpha value is -3.15. The highest BCUT2D eigenvalue weighted by Crippen LogP contribution is 2.24. The normalized spacial score (nSPS) is 14.8. The van der Waals surface area contributed by atoms with E-state index < -0.39 is 0 Å². The molecule has 0 N–H and O–H groups in total. The fourth-order valence-corrected chi connectivity index (χ4v) is 5.21. The monoisotopic (exact) mass is 501 g/mol. The number of carbonyl (C=O) groups is 1. The van der Waals surface area contributed by atoms with Gasteiger partial charge in [0.25, 0.3) is 0 Å². The van der Waals surface area contributed by atoms with Crippen LogP contribution in [0.1, 0.15) is 41.0 Å². The molecule has 5 nitrogen and oxygen atoms in total. The Morgan fingerprint density at radius 2 is 1.72 bits per heavy atom. The van der Waals surface area contributed by atoms with Gasteiger partial charge in [0.15, 0.2) is 5.78 Å². The highest BCUT2D eigenvalue weighted by molar-refractivity contribution is 6.30. The van der Waals surface area contributed by atoms with Crippen molar-refractivity contribution in [2.75, 3.05) is 19.6 Å². The Balaban J connectivity index is 1.19. The predicted molar refractivity (Wildman–Crippen MR) is 145 cm³/mol. The van der Waals surface area contributed by atoms with Crippen LogP contribution in [0.3, 0.4) is 0 Å². The van der Waals surface area contributed by atoms with Crippen LogP contribution in [-0.2, 0) is 13.2 Å². The molecule has 0 bridgehead atoms. The fraction of sp³-hybridized carbons (Fsp3) is 0.333. The van der Waals surface area contributed by atoms with Gasteiger partial charge in [-0.1, -0.05) is 54.1 Å². The van der Waals surface area contributed by atoms with E-state index in [1.54, 1.807) is 0 Å². The number of likely N-dealkylation sites (tertiary alicyclic amines) is 1. The molecule has 5 rings (SSSR count). The number of imidazole rings is 1. The molecule has 36 heavy (non-hydrogen) atoms. The first-order valence-corrected chi connectivity index (χ1v) is 13.1. The van der Waals surface area contributed by atoms with Crippen LogP contribution >= 0.6 is 11.6 Å². The van der Waals surface area contributed by atoms with Gasteiger partial charge in [0, 0.05) is 23.0 Å². The zero-order chi connectivity index (χ0) is 24.9. The van der Waals surface area contributed by atoms with Gasteiger partial charge in [-0.05, 0) is 81.7 Å². The molecule has 186 valence electrons. The molecular weight excluding hydrogens is 470 g/mol. The van der Waals surface area contributed by atoms with Crippen molar-refractivity contribution >= 4 is 28.4 Å². The van der Waals surface area contributed by atoms with Gasteiger partial charge >= 0.3 is 0 Å². The number of benzene rings is 3. The number of hydrogen-bond acceptors (Lipinski definition) is 4. The van der Waals surface area contributed by atoms with E-state index in [1.165, 1.54) is 5.56 Å². The zero-order valence-electron chi connectivity index (χ0n) is 20.7. The molecule has 0 saturated carbocycles. The molecule has 1 aliphatic heterocycles. The van der Waals surface area contributed by atoms with E-state index in [9.17, 15) is 4.79 Å². The van der Waals surface area contributed by atoms with Crippen LogP contribution < -0.4 is 4.74 Å². The minimum Gasteiger partial charge on any atom is -0.486 e. The van der Waals surface area contributed by atoms with E-state index in [-0.39, 0.29) is 5.92 Å². The minimum atomic E-state index is 0.140. The average molecular weight is 502 g/mol. The molecule has 3 aromatic carbocycles. The number of piperidine rings is 1. The Morgan fingerprint density at radius 3 is 2.47 bits per heavy atom. The maximum Gasteiger partial charge on any atom is 0.166 e. The number of aromatic nitrogens is 2. The molecule has 0 unspecified atom stereocenters. The number of rotatable bonds is 9. The molecule has 2 heterocycles. The Bertz CT molecular complexity index is 1310. The number of ether oxygens (including phenoxy) is 1. The van der Waals surface area contributed by atoms with E-state index in [4.69, 9.17) is 21.3 Å². The third-order valence-electron chi connectivity index (χ3n) is 7.11. The van der Waals surface area contributed by atoms with E-state index in [0.29, 0.717) is 17.4 Å². The standard InChI is InChI=1S/C30H32ClN3O2/c1-22-7-5-10-27-29(22)32-28(21-36-26-13-11-25(31)12-14-26)34(27)18-6-17-33-19-15-24(16-20-33)30(35)23-8-3-2-4-9-23/h2-5,7-14,24H,6,15-21H2,1H3. The highest BCUT2D eigenvalue weighted by atomic mass is 35.5. The largest absolute Gasteiger partial charge is 0.486 e. The van der Waals surface area contributed by atoms with Gasteiger partial charge in [0.05, 0.1) is 11.0 Å². The van der Waals surface area contributed by atoms with Crippen LogP contribution in [0.15, 0.2) is 72.8 Å². The van der Waals surface area contributed by atoms with Gasteiger partial charge in [-0.15, -0.1) is 0 Å². The molecule has 1 aliphatic rings. The lowest BCUT2D eigenvalue weighted by Crippen LogP contribution is -2.37. The van der Waals surface area contributed by atoms with Crippen molar-refractivity contribution < 1.29 is 9.53 Å². The molecular formula is C30H32ClN3O2. The molecule has 1 fully saturated rings. The maximum absolute atomic E-state index is 12.8. The van der Waals surface area contributed by atoms with E-state index in [0.717, 1.165) is 73.6 Å². The van der Waals surface area contributed by atoms with Crippen LogP contribution in [0.4, 0.5) is 0 Å². The number of fused-ring (bicyclic) bond motifs is 1. The highest BCUT2D eigenvalue weighted by Gasteiger charge is 2.25. The van der Waals surface area contributed by atoms with Crippen molar-refractivity contribution in [3.05, 3.63) is 94.8 Å². The Labute approximate surface area is 217 Å². The second-order valence-electron chi connectivity index (χ2n) is 9.56.